The van der Waals surface area contributed by atoms with Crippen LogP contribution in [0.25, 0.3) is 10.9 Å². The third-order valence-corrected chi connectivity index (χ3v) is 2.13. The fraction of sp³-hybridized carbons (Fsp3) is 0. The SMILES string of the molecule is NC(=O)c1c(F)c(F)c2ncccc2c1F. The highest BCUT2D eigenvalue weighted by Gasteiger charge is 2.23. The van der Waals surface area contributed by atoms with Crippen molar-refractivity contribution in [3.63, 3.8) is 0 Å². The van der Waals surface area contributed by atoms with E-state index in [0.29, 0.717) is 0 Å². The molecule has 2 aromatic rings. The minimum atomic E-state index is -1.61. The van der Waals surface area contributed by atoms with Crippen molar-refractivity contribution in [3.8, 4) is 0 Å². The number of nitrogens with zero attached hydrogens (tertiary/aromatic N) is 1. The van der Waals surface area contributed by atoms with Gasteiger partial charge in [-0.3, -0.25) is 9.78 Å². The Balaban J connectivity index is 3.00. The summed E-state index contributed by atoms with van der Waals surface area (Å²) in [5.74, 6) is -5.56. The first-order valence-corrected chi connectivity index (χ1v) is 4.25. The summed E-state index contributed by atoms with van der Waals surface area (Å²) in [7, 11) is 0. The van der Waals surface area contributed by atoms with Gasteiger partial charge in [0.1, 0.15) is 16.9 Å². The van der Waals surface area contributed by atoms with Gasteiger partial charge in [0.2, 0.25) is 0 Å². The number of carbonyl (C=O) groups excluding carboxylic acids is 1. The third-order valence-electron chi connectivity index (χ3n) is 2.13. The van der Waals surface area contributed by atoms with Crippen LogP contribution in [0.4, 0.5) is 13.2 Å². The van der Waals surface area contributed by atoms with Gasteiger partial charge in [-0.05, 0) is 12.1 Å². The van der Waals surface area contributed by atoms with E-state index in [-0.39, 0.29) is 5.39 Å². The molecule has 0 aliphatic rings. The van der Waals surface area contributed by atoms with Gasteiger partial charge in [0, 0.05) is 11.6 Å². The maximum absolute atomic E-state index is 13.6. The lowest BCUT2D eigenvalue weighted by Crippen LogP contribution is -2.17. The van der Waals surface area contributed by atoms with Gasteiger partial charge < -0.3 is 5.73 Å². The van der Waals surface area contributed by atoms with Crippen LogP contribution in [0.5, 0.6) is 0 Å². The number of carbonyl (C=O) groups is 1. The van der Waals surface area contributed by atoms with Gasteiger partial charge >= 0.3 is 0 Å². The maximum atomic E-state index is 13.6. The smallest absolute Gasteiger partial charge is 0.254 e. The van der Waals surface area contributed by atoms with Crippen molar-refractivity contribution in [2.24, 2.45) is 5.73 Å². The molecule has 1 amide bonds. The normalized spacial score (nSPS) is 10.7. The molecule has 2 rings (SSSR count). The molecule has 3 nitrogen and oxygen atoms in total. The minimum Gasteiger partial charge on any atom is -0.365 e. The molecule has 1 heterocycles. The zero-order valence-corrected chi connectivity index (χ0v) is 7.80. The van der Waals surface area contributed by atoms with Gasteiger partial charge in [0.05, 0.1) is 0 Å². The van der Waals surface area contributed by atoms with E-state index >= 15 is 0 Å². The fourth-order valence-electron chi connectivity index (χ4n) is 1.42. The second kappa shape index (κ2) is 3.48. The zero-order valence-electron chi connectivity index (χ0n) is 7.80. The molecule has 0 bridgehead atoms. The number of pyridine rings is 1. The predicted molar refractivity (Wildman–Crippen MR) is 50.1 cm³/mol. The molecular formula is C10H5F3N2O. The van der Waals surface area contributed by atoms with E-state index in [4.69, 9.17) is 5.73 Å². The van der Waals surface area contributed by atoms with E-state index in [1.165, 1.54) is 18.3 Å². The van der Waals surface area contributed by atoms with E-state index < -0.39 is 34.4 Å². The monoisotopic (exact) mass is 226 g/mol. The molecule has 0 saturated carbocycles. The highest BCUT2D eigenvalue weighted by molar-refractivity contribution is 5.98. The first-order valence-electron chi connectivity index (χ1n) is 4.25. The van der Waals surface area contributed by atoms with Gasteiger partial charge in [-0.25, -0.2) is 13.2 Å². The van der Waals surface area contributed by atoms with E-state index in [9.17, 15) is 18.0 Å². The summed E-state index contributed by atoms with van der Waals surface area (Å²) in [5, 5.41) is -0.282. The van der Waals surface area contributed by atoms with E-state index in [1.807, 2.05) is 0 Å². The number of amides is 1. The van der Waals surface area contributed by atoms with Gasteiger partial charge in [-0.15, -0.1) is 0 Å². The average molecular weight is 226 g/mol. The lowest BCUT2D eigenvalue weighted by atomic mass is 10.1. The standard InChI is InChI=1S/C10H5F3N2O/c11-6-4-2-1-3-15-9(4)8(13)7(12)5(6)10(14)16/h1-3H,(H2,14,16). The van der Waals surface area contributed by atoms with Gasteiger partial charge in [0.15, 0.2) is 11.6 Å². The summed E-state index contributed by atoms with van der Waals surface area (Å²) in [6.45, 7) is 0. The fourth-order valence-corrected chi connectivity index (χ4v) is 1.42. The Hall–Kier alpha value is -2.11. The Morgan fingerprint density at radius 2 is 1.88 bits per heavy atom. The van der Waals surface area contributed by atoms with Crippen LogP contribution in [0.1, 0.15) is 10.4 Å². The first kappa shape index (κ1) is 10.4. The molecule has 0 saturated heterocycles. The number of nitrogens with two attached hydrogens (primary N) is 1. The van der Waals surface area contributed by atoms with Crippen LogP contribution in [0.3, 0.4) is 0 Å². The van der Waals surface area contributed by atoms with Crippen LogP contribution < -0.4 is 5.73 Å². The maximum Gasteiger partial charge on any atom is 0.254 e. The highest BCUT2D eigenvalue weighted by atomic mass is 19.2. The van der Waals surface area contributed by atoms with Crippen LogP contribution in [0, 0.1) is 17.5 Å². The number of rotatable bonds is 1. The zero-order chi connectivity index (χ0) is 11.9. The Kier molecular flexibility index (Phi) is 2.26. The van der Waals surface area contributed by atoms with Gasteiger partial charge in [-0.1, -0.05) is 0 Å². The molecule has 1 aromatic carbocycles. The molecule has 1 aromatic heterocycles. The van der Waals surface area contributed by atoms with E-state index in [0.717, 1.165) is 0 Å². The Labute approximate surface area is 87.7 Å². The van der Waals surface area contributed by atoms with Gasteiger partial charge in [0.25, 0.3) is 5.91 Å². The second-order valence-corrected chi connectivity index (χ2v) is 3.08. The molecule has 0 aliphatic carbocycles. The Morgan fingerprint density at radius 1 is 1.19 bits per heavy atom. The molecule has 0 atom stereocenters. The van der Waals surface area contributed by atoms with E-state index in [2.05, 4.69) is 4.98 Å². The quantitative estimate of drug-likeness (QED) is 0.753. The first-order chi connectivity index (χ1) is 7.54. The number of hydrogen-bond donors (Lipinski definition) is 1. The molecule has 0 aliphatic heterocycles. The summed E-state index contributed by atoms with van der Waals surface area (Å²) in [4.78, 5) is 14.3. The van der Waals surface area contributed by atoms with Crippen molar-refractivity contribution in [1.29, 1.82) is 0 Å². The molecule has 0 fully saturated rings. The minimum absolute atomic E-state index is 0.282. The van der Waals surface area contributed by atoms with Crippen molar-refractivity contribution < 1.29 is 18.0 Å². The average Bonchev–Trinajstić information content (AvgIpc) is 2.26. The molecule has 82 valence electrons. The van der Waals surface area contributed by atoms with Crippen LogP contribution in [0.2, 0.25) is 0 Å². The van der Waals surface area contributed by atoms with Gasteiger partial charge in [-0.2, -0.15) is 0 Å². The van der Waals surface area contributed by atoms with Crippen LogP contribution in [0.15, 0.2) is 18.3 Å². The Morgan fingerprint density at radius 3 is 2.50 bits per heavy atom. The number of aromatic nitrogens is 1. The lowest BCUT2D eigenvalue weighted by molar-refractivity contribution is 0.0991. The Bertz CT molecular complexity index is 598. The number of primary amides is 1. The summed E-state index contributed by atoms with van der Waals surface area (Å²) in [5.41, 5.74) is 3.21. The summed E-state index contributed by atoms with van der Waals surface area (Å²) in [6.07, 6.45) is 1.19. The summed E-state index contributed by atoms with van der Waals surface area (Å²) < 4.78 is 40.3. The van der Waals surface area contributed by atoms with Crippen LogP contribution in [-0.4, -0.2) is 10.9 Å². The largest absolute Gasteiger partial charge is 0.365 e. The number of benzene rings is 1. The van der Waals surface area contributed by atoms with Crippen molar-refractivity contribution in [2.75, 3.05) is 0 Å². The number of hydrogen-bond acceptors (Lipinski definition) is 2. The molecule has 0 unspecified atom stereocenters. The molecule has 16 heavy (non-hydrogen) atoms. The topological polar surface area (TPSA) is 56.0 Å². The second-order valence-electron chi connectivity index (χ2n) is 3.08. The van der Waals surface area contributed by atoms with Crippen molar-refractivity contribution in [2.45, 2.75) is 0 Å². The molecular weight excluding hydrogens is 221 g/mol. The predicted octanol–water partition coefficient (Wildman–Crippen LogP) is 1.75. The number of fused-ring (bicyclic) bond motifs is 1. The lowest BCUT2D eigenvalue weighted by Gasteiger charge is -2.06. The molecule has 0 radical (unpaired) electrons. The van der Waals surface area contributed by atoms with Crippen molar-refractivity contribution in [3.05, 3.63) is 41.3 Å². The van der Waals surface area contributed by atoms with Crippen molar-refractivity contribution in [1.82, 2.24) is 4.98 Å². The molecule has 0 spiro atoms. The van der Waals surface area contributed by atoms with Crippen LogP contribution in [-0.2, 0) is 0 Å². The van der Waals surface area contributed by atoms with E-state index in [1.54, 1.807) is 0 Å². The highest BCUT2D eigenvalue weighted by Crippen LogP contribution is 2.25. The molecule has 6 heteroatoms. The number of halogens is 3. The van der Waals surface area contributed by atoms with Crippen LogP contribution >= 0.6 is 0 Å². The molecule has 2 N–H and O–H groups in total. The summed E-state index contributed by atoms with van der Waals surface area (Å²) >= 11 is 0. The van der Waals surface area contributed by atoms with Crippen molar-refractivity contribution >= 4 is 16.8 Å². The summed E-state index contributed by atoms with van der Waals surface area (Å²) in [6, 6.07) is 2.53. The third kappa shape index (κ3) is 1.30.